The molecule has 3 aromatic carbocycles. The van der Waals surface area contributed by atoms with Crippen molar-refractivity contribution in [3.63, 3.8) is 0 Å². The Bertz CT molecular complexity index is 1170. The minimum atomic E-state index is -0.607. The van der Waals surface area contributed by atoms with Gasteiger partial charge in [-0.2, -0.15) is 5.26 Å². The van der Waals surface area contributed by atoms with Crippen molar-refractivity contribution in [2.75, 3.05) is 5.32 Å². The highest BCUT2D eigenvalue weighted by atomic mass is 79.9. The van der Waals surface area contributed by atoms with Gasteiger partial charge < -0.3 is 10.1 Å². The van der Waals surface area contributed by atoms with Gasteiger partial charge in [0.2, 0.25) is 0 Å². The lowest BCUT2D eigenvalue weighted by molar-refractivity contribution is -0.112. The summed E-state index contributed by atoms with van der Waals surface area (Å²) in [6.07, 6.45) is 1.45. The van der Waals surface area contributed by atoms with Gasteiger partial charge in [0.1, 0.15) is 29.8 Å². The maximum absolute atomic E-state index is 13.1. The number of benzene rings is 3. The first-order chi connectivity index (χ1) is 14.9. The van der Waals surface area contributed by atoms with Crippen molar-refractivity contribution < 1.29 is 13.9 Å². The van der Waals surface area contributed by atoms with Crippen molar-refractivity contribution >= 4 is 65.5 Å². The average molecular weight is 609 g/mol. The van der Waals surface area contributed by atoms with Crippen LogP contribution in [0.2, 0.25) is 0 Å². The number of nitrogens with one attached hydrogen (secondary N) is 1. The molecule has 0 aliphatic heterocycles. The van der Waals surface area contributed by atoms with Gasteiger partial charge in [0.15, 0.2) is 0 Å². The Kier molecular flexibility index (Phi) is 8.02. The van der Waals surface area contributed by atoms with Crippen LogP contribution in [0.3, 0.4) is 0 Å². The van der Waals surface area contributed by atoms with Crippen LogP contribution in [-0.2, 0) is 11.4 Å². The van der Waals surface area contributed by atoms with Crippen molar-refractivity contribution in [2.45, 2.75) is 6.61 Å². The molecule has 1 N–H and O–H groups in total. The molecular weight excluding hydrogens is 595 g/mol. The predicted octanol–water partition coefficient (Wildman–Crippen LogP) is 7.24. The zero-order valence-electron chi connectivity index (χ0n) is 15.8. The third-order valence-electron chi connectivity index (χ3n) is 4.10. The molecule has 156 valence electrons. The molecule has 0 aliphatic carbocycles. The second kappa shape index (κ2) is 10.7. The van der Waals surface area contributed by atoms with Gasteiger partial charge in [-0.15, -0.1) is 0 Å². The quantitative estimate of drug-likeness (QED) is 0.237. The van der Waals surface area contributed by atoms with Crippen molar-refractivity contribution in [3.8, 4) is 11.8 Å². The number of hydrogen-bond acceptors (Lipinski definition) is 3. The molecule has 0 radical (unpaired) electrons. The summed E-state index contributed by atoms with van der Waals surface area (Å²) >= 11 is 10.3. The fourth-order valence-electron chi connectivity index (χ4n) is 2.61. The van der Waals surface area contributed by atoms with Crippen LogP contribution in [0, 0.1) is 17.1 Å². The van der Waals surface area contributed by atoms with Crippen LogP contribution in [0.4, 0.5) is 10.1 Å². The number of nitriles is 1. The van der Waals surface area contributed by atoms with E-state index in [9.17, 15) is 14.4 Å². The Morgan fingerprint density at radius 2 is 1.71 bits per heavy atom. The van der Waals surface area contributed by atoms with Crippen molar-refractivity contribution in [3.05, 3.63) is 96.6 Å². The van der Waals surface area contributed by atoms with E-state index in [1.807, 2.05) is 36.4 Å². The van der Waals surface area contributed by atoms with Gasteiger partial charge in [0.25, 0.3) is 5.91 Å². The fraction of sp³-hybridized carbons (Fsp3) is 0.0435. The normalized spacial score (nSPS) is 11.0. The van der Waals surface area contributed by atoms with Gasteiger partial charge in [-0.3, -0.25) is 4.79 Å². The molecule has 0 atom stereocenters. The molecule has 3 rings (SSSR count). The van der Waals surface area contributed by atoms with Crippen LogP contribution in [-0.4, -0.2) is 5.91 Å². The van der Waals surface area contributed by atoms with Crippen LogP contribution >= 0.6 is 47.8 Å². The summed E-state index contributed by atoms with van der Waals surface area (Å²) in [4.78, 5) is 12.6. The van der Waals surface area contributed by atoms with E-state index in [1.165, 1.54) is 30.3 Å². The zero-order valence-corrected chi connectivity index (χ0v) is 20.6. The molecule has 0 saturated carbocycles. The molecule has 0 fully saturated rings. The SMILES string of the molecule is N#C/C(=C\c1cc(Br)cc(Br)c1OCc1ccc(Br)cc1)C(=O)Nc1ccc(F)cc1. The van der Waals surface area contributed by atoms with E-state index in [2.05, 4.69) is 53.1 Å². The van der Waals surface area contributed by atoms with Gasteiger partial charge in [-0.1, -0.05) is 44.0 Å². The molecule has 0 heterocycles. The second-order valence-corrected chi connectivity index (χ2v) is 9.04. The standard InChI is InChI=1S/C23H14Br3FN2O2/c24-17-3-1-14(2-4-17)13-31-22-15(10-18(25)11-21(22)26)9-16(12-28)23(30)29-20-7-5-19(27)6-8-20/h1-11H,13H2,(H,29,30)/b16-9+. The summed E-state index contributed by atoms with van der Waals surface area (Å²) in [7, 11) is 0. The van der Waals surface area contributed by atoms with E-state index in [4.69, 9.17) is 4.74 Å². The highest BCUT2D eigenvalue weighted by Gasteiger charge is 2.14. The molecule has 0 aliphatic rings. The second-order valence-electron chi connectivity index (χ2n) is 6.35. The highest BCUT2D eigenvalue weighted by molar-refractivity contribution is 9.11. The largest absolute Gasteiger partial charge is 0.487 e. The smallest absolute Gasteiger partial charge is 0.266 e. The van der Waals surface area contributed by atoms with E-state index in [1.54, 1.807) is 6.07 Å². The molecule has 3 aromatic rings. The minimum Gasteiger partial charge on any atom is -0.487 e. The lowest BCUT2D eigenvalue weighted by Crippen LogP contribution is -2.13. The van der Waals surface area contributed by atoms with E-state index in [0.29, 0.717) is 28.1 Å². The minimum absolute atomic E-state index is 0.122. The summed E-state index contributed by atoms with van der Waals surface area (Å²) in [5.41, 5.74) is 1.77. The van der Waals surface area contributed by atoms with Crippen LogP contribution in [0.15, 0.2) is 79.7 Å². The first-order valence-electron chi connectivity index (χ1n) is 8.90. The van der Waals surface area contributed by atoms with Gasteiger partial charge in [0.05, 0.1) is 4.47 Å². The predicted molar refractivity (Wildman–Crippen MR) is 129 cm³/mol. The number of rotatable bonds is 6. The van der Waals surface area contributed by atoms with E-state index in [0.717, 1.165) is 14.5 Å². The average Bonchev–Trinajstić information content (AvgIpc) is 2.74. The van der Waals surface area contributed by atoms with Gasteiger partial charge >= 0.3 is 0 Å². The number of hydrogen-bond donors (Lipinski definition) is 1. The lowest BCUT2D eigenvalue weighted by atomic mass is 10.1. The lowest BCUT2D eigenvalue weighted by Gasteiger charge is -2.13. The van der Waals surface area contributed by atoms with Gasteiger partial charge in [0, 0.05) is 20.2 Å². The molecule has 1 amide bonds. The molecule has 0 saturated heterocycles. The van der Waals surface area contributed by atoms with Gasteiger partial charge in [-0.25, -0.2) is 4.39 Å². The van der Waals surface area contributed by atoms with E-state index >= 15 is 0 Å². The Balaban J connectivity index is 1.87. The number of carbonyl (C=O) groups is 1. The number of amides is 1. The van der Waals surface area contributed by atoms with Crippen LogP contribution < -0.4 is 10.1 Å². The summed E-state index contributed by atoms with van der Waals surface area (Å²) in [6, 6.07) is 18.5. The van der Waals surface area contributed by atoms with Crippen LogP contribution in [0.5, 0.6) is 5.75 Å². The highest BCUT2D eigenvalue weighted by Crippen LogP contribution is 2.35. The Labute approximate surface area is 204 Å². The third-order valence-corrected chi connectivity index (χ3v) is 5.68. The summed E-state index contributed by atoms with van der Waals surface area (Å²) in [5, 5.41) is 12.1. The Hall–Kier alpha value is -2.47. The maximum Gasteiger partial charge on any atom is 0.266 e. The summed E-state index contributed by atoms with van der Waals surface area (Å²) in [5.74, 6) is -0.530. The number of anilines is 1. The van der Waals surface area contributed by atoms with Crippen molar-refractivity contribution in [2.24, 2.45) is 0 Å². The van der Waals surface area contributed by atoms with E-state index < -0.39 is 11.7 Å². The molecule has 4 nitrogen and oxygen atoms in total. The van der Waals surface area contributed by atoms with Crippen molar-refractivity contribution in [1.29, 1.82) is 5.26 Å². The van der Waals surface area contributed by atoms with Gasteiger partial charge in [-0.05, 0) is 76.1 Å². The zero-order chi connectivity index (χ0) is 22.4. The topological polar surface area (TPSA) is 62.1 Å². The number of nitrogens with zero attached hydrogens (tertiary/aromatic N) is 1. The van der Waals surface area contributed by atoms with Crippen molar-refractivity contribution in [1.82, 2.24) is 0 Å². The third kappa shape index (κ3) is 6.50. The Morgan fingerprint density at radius 3 is 2.35 bits per heavy atom. The number of ether oxygens (including phenoxy) is 1. The molecular formula is C23H14Br3FN2O2. The molecule has 31 heavy (non-hydrogen) atoms. The fourth-order valence-corrected chi connectivity index (χ4v) is 4.25. The molecule has 0 aromatic heterocycles. The molecule has 0 bridgehead atoms. The summed E-state index contributed by atoms with van der Waals surface area (Å²) in [6.45, 7) is 0.304. The van der Waals surface area contributed by atoms with Crippen LogP contribution in [0.1, 0.15) is 11.1 Å². The molecule has 8 heteroatoms. The monoisotopic (exact) mass is 606 g/mol. The number of carbonyl (C=O) groups excluding carboxylic acids is 1. The first-order valence-corrected chi connectivity index (χ1v) is 11.3. The number of halogens is 4. The van der Waals surface area contributed by atoms with E-state index in [-0.39, 0.29) is 5.57 Å². The first kappa shape index (κ1) is 23.2. The molecule has 0 unspecified atom stereocenters. The Morgan fingerprint density at radius 1 is 1.03 bits per heavy atom. The molecule has 0 spiro atoms. The van der Waals surface area contributed by atoms with Crippen LogP contribution in [0.25, 0.3) is 6.08 Å². The maximum atomic E-state index is 13.1. The summed E-state index contributed by atoms with van der Waals surface area (Å²) < 4.78 is 21.4.